The van der Waals surface area contributed by atoms with Gasteiger partial charge >= 0.3 is 0 Å². The lowest BCUT2D eigenvalue weighted by Crippen LogP contribution is -1.85. The Morgan fingerprint density at radius 3 is 2.89 bits per heavy atom. The molecule has 0 fully saturated rings. The minimum atomic E-state index is 0.103. The molecule has 5 heteroatoms. The van der Waals surface area contributed by atoms with Gasteiger partial charge in [0.2, 0.25) is 0 Å². The number of fused-ring (bicyclic) bond motifs is 1. The number of benzene rings is 2. The fourth-order valence-corrected chi connectivity index (χ4v) is 2.29. The third-order valence-electron chi connectivity index (χ3n) is 3.16. The van der Waals surface area contributed by atoms with Gasteiger partial charge in [-0.25, -0.2) is 0 Å². The quantitative estimate of drug-likeness (QED) is 0.594. The maximum absolute atomic E-state index is 10.0. The molecule has 0 spiro atoms. The minimum absolute atomic E-state index is 0.103. The van der Waals surface area contributed by atoms with E-state index in [4.69, 9.17) is 17.3 Å². The van der Waals surface area contributed by atoms with Crippen molar-refractivity contribution in [3.05, 3.63) is 40.9 Å². The SMILES string of the molecule is Cc1cc(-c2n[nH]c3c(N)cccc23)c(O)cc1Cl. The predicted octanol–water partition coefficient (Wildman–Crippen LogP) is 3.48. The summed E-state index contributed by atoms with van der Waals surface area (Å²) >= 11 is 5.98. The highest BCUT2D eigenvalue weighted by Gasteiger charge is 2.14. The zero-order valence-electron chi connectivity index (χ0n) is 10.2. The Morgan fingerprint density at radius 1 is 1.32 bits per heavy atom. The summed E-state index contributed by atoms with van der Waals surface area (Å²) in [6, 6.07) is 8.91. The highest BCUT2D eigenvalue weighted by atomic mass is 35.5. The molecule has 0 aliphatic carbocycles. The molecule has 0 unspecified atom stereocenters. The van der Waals surface area contributed by atoms with Crippen LogP contribution >= 0.6 is 11.6 Å². The van der Waals surface area contributed by atoms with Crippen LogP contribution in [-0.4, -0.2) is 15.3 Å². The zero-order valence-corrected chi connectivity index (χ0v) is 11.0. The summed E-state index contributed by atoms with van der Waals surface area (Å²) in [4.78, 5) is 0. The third-order valence-corrected chi connectivity index (χ3v) is 3.57. The van der Waals surface area contributed by atoms with Crippen LogP contribution < -0.4 is 5.73 Å². The molecule has 0 amide bonds. The normalized spacial score (nSPS) is 11.1. The number of hydrogen-bond acceptors (Lipinski definition) is 3. The van der Waals surface area contributed by atoms with E-state index in [-0.39, 0.29) is 5.75 Å². The summed E-state index contributed by atoms with van der Waals surface area (Å²) in [7, 11) is 0. The number of aryl methyl sites for hydroxylation is 1. The maximum atomic E-state index is 10.0. The number of nitrogens with one attached hydrogen (secondary N) is 1. The molecule has 0 aliphatic heterocycles. The minimum Gasteiger partial charge on any atom is -0.507 e. The number of hydrogen-bond donors (Lipinski definition) is 3. The highest BCUT2D eigenvalue weighted by molar-refractivity contribution is 6.31. The van der Waals surface area contributed by atoms with Crippen molar-refractivity contribution in [3.8, 4) is 17.0 Å². The van der Waals surface area contributed by atoms with Gasteiger partial charge in [-0.3, -0.25) is 5.10 Å². The van der Waals surface area contributed by atoms with Gasteiger partial charge in [0.15, 0.2) is 0 Å². The van der Waals surface area contributed by atoms with Crippen molar-refractivity contribution in [1.82, 2.24) is 10.2 Å². The molecule has 3 aromatic rings. The first kappa shape index (κ1) is 11.9. The third kappa shape index (κ3) is 1.81. The Balaban J connectivity index is 2.31. The summed E-state index contributed by atoms with van der Waals surface area (Å²) in [5.74, 6) is 0.103. The van der Waals surface area contributed by atoms with Crippen molar-refractivity contribution in [2.75, 3.05) is 5.73 Å². The van der Waals surface area contributed by atoms with Crippen molar-refractivity contribution in [3.63, 3.8) is 0 Å². The summed E-state index contributed by atoms with van der Waals surface area (Å²) in [6.07, 6.45) is 0. The van der Waals surface area contributed by atoms with Crippen LogP contribution in [0.5, 0.6) is 5.75 Å². The number of rotatable bonds is 1. The molecular formula is C14H12ClN3O. The Bertz CT molecular complexity index is 780. The topological polar surface area (TPSA) is 74.9 Å². The van der Waals surface area contributed by atoms with Crippen LogP contribution in [0.15, 0.2) is 30.3 Å². The Labute approximate surface area is 114 Å². The molecule has 0 bridgehead atoms. The first-order chi connectivity index (χ1) is 9.08. The van der Waals surface area contributed by atoms with Gasteiger partial charge in [0.1, 0.15) is 11.4 Å². The molecule has 0 atom stereocenters. The second-order valence-electron chi connectivity index (χ2n) is 4.46. The summed E-state index contributed by atoms with van der Waals surface area (Å²) < 4.78 is 0. The summed E-state index contributed by atoms with van der Waals surface area (Å²) in [6.45, 7) is 1.88. The van der Waals surface area contributed by atoms with E-state index in [1.54, 1.807) is 6.07 Å². The van der Waals surface area contributed by atoms with Crippen molar-refractivity contribution in [2.45, 2.75) is 6.92 Å². The van der Waals surface area contributed by atoms with E-state index in [2.05, 4.69) is 10.2 Å². The first-order valence-electron chi connectivity index (χ1n) is 5.80. The van der Waals surface area contributed by atoms with Crippen LogP contribution in [0.2, 0.25) is 5.02 Å². The number of H-pyrrole nitrogens is 1. The Hall–Kier alpha value is -2.20. The van der Waals surface area contributed by atoms with Gasteiger partial charge in [0, 0.05) is 16.0 Å². The van der Waals surface area contributed by atoms with Crippen molar-refractivity contribution in [2.24, 2.45) is 0 Å². The van der Waals surface area contributed by atoms with E-state index in [9.17, 15) is 5.11 Å². The van der Waals surface area contributed by atoms with E-state index in [1.807, 2.05) is 25.1 Å². The predicted molar refractivity (Wildman–Crippen MR) is 77.4 cm³/mol. The molecular weight excluding hydrogens is 262 g/mol. The van der Waals surface area contributed by atoms with E-state index < -0.39 is 0 Å². The monoisotopic (exact) mass is 273 g/mol. The van der Waals surface area contributed by atoms with Crippen LogP contribution in [0.4, 0.5) is 5.69 Å². The van der Waals surface area contributed by atoms with E-state index in [0.29, 0.717) is 22.0 Å². The molecule has 4 N–H and O–H groups in total. The van der Waals surface area contributed by atoms with Gasteiger partial charge in [0.25, 0.3) is 0 Å². The summed E-state index contributed by atoms with van der Waals surface area (Å²) in [5, 5.41) is 18.6. The average Bonchev–Trinajstić information content (AvgIpc) is 2.79. The molecule has 0 aliphatic rings. The first-order valence-corrected chi connectivity index (χ1v) is 6.18. The van der Waals surface area contributed by atoms with Gasteiger partial charge in [-0.1, -0.05) is 23.7 Å². The van der Waals surface area contributed by atoms with Crippen molar-refractivity contribution >= 4 is 28.2 Å². The molecule has 0 saturated carbocycles. The molecule has 1 heterocycles. The average molecular weight is 274 g/mol. The smallest absolute Gasteiger partial charge is 0.126 e. The molecule has 19 heavy (non-hydrogen) atoms. The highest BCUT2D eigenvalue weighted by Crippen LogP contribution is 2.37. The van der Waals surface area contributed by atoms with Gasteiger partial charge in [-0.15, -0.1) is 0 Å². The Kier molecular flexibility index (Phi) is 2.61. The fraction of sp³-hybridized carbons (Fsp3) is 0.0714. The zero-order chi connectivity index (χ0) is 13.6. The lowest BCUT2D eigenvalue weighted by Gasteiger charge is -2.05. The number of halogens is 1. The molecule has 1 aromatic heterocycles. The maximum Gasteiger partial charge on any atom is 0.126 e. The second-order valence-corrected chi connectivity index (χ2v) is 4.87. The van der Waals surface area contributed by atoms with Crippen molar-refractivity contribution in [1.29, 1.82) is 0 Å². The summed E-state index contributed by atoms with van der Waals surface area (Å²) in [5.41, 5.74) is 9.47. The molecule has 96 valence electrons. The van der Waals surface area contributed by atoms with Gasteiger partial charge in [-0.2, -0.15) is 5.10 Å². The van der Waals surface area contributed by atoms with Crippen molar-refractivity contribution < 1.29 is 5.11 Å². The van der Waals surface area contributed by atoms with Crippen LogP contribution in [0.25, 0.3) is 22.2 Å². The molecule has 4 nitrogen and oxygen atoms in total. The van der Waals surface area contributed by atoms with E-state index in [0.717, 1.165) is 16.5 Å². The number of aromatic hydroxyl groups is 1. The van der Waals surface area contributed by atoms with E-state index >= 15 is 0 Å². The number of nitrogens with two attached hydrogens (primary N) is 1. The largest absolute Gasteiger partial charge is 0.507 e. The van der Waals surface area contributed by atoms with Gasteiger partial charge < -0.3 is 10.8 Å². The number of aromatic nitrogens is 2. The molecule has 3 rings (SSSR count). The molecule has 0 saturated heterocycles. The lowest BCUT2D eigenvalue weighted by atomic mass is 10.0. The number of nitrogen functional groups attached to an aromatic ring is 1. The lowest BCUT2D eigenvalue weighted by molar-refractivity contribution is 0.477. The van der Waals surface area contributed by atoms with Gasteiger partial charge in [0.05, 0.1) is 11.2 Å². The number of phenolic OH excluding ortho intramolecular Hbond substituents is 1. The number of nitrogens with zero attached hydrogens (tertiary/aromatic N) is 1. The van der Waals surface area contributed by atoms with Crippen LogP contribution in [0.3, 0.4) is 0 Å². The molecule has 2 aromatic carbocycles. The van der Waals surface area contributed by atoms with E-state index in [1.165, 1.54) is 6.07 Å². The fourth-order valence-electron chi connectivity index (χ4n) is 2.13. The number of phenols is 1. The number of anilines is 1. The van der Waals surface area contributed by atoms with Gasteiger partial charge in [-0.05, 0) is 30.7 Å². The van der Waals surface area contributed by atoms with Crippen LogP contribution in [0.1, 0.15) is 5.56 Å². The van der Waals surface area contributed by atoms with Crippen LogP contribution in [0, 0.1) is 6.92 Å². The second kappa shape index (κ2) is 4.17. The van der Waals surface area contributed by atoms with Crippen LogP contribution in [-0.2, 0) is 0 Å². The standard InChI is InChI=1S/C14H12ClN3O/c1-7-5-9(12(19)6-10(7)15)13-8-3-2-4-11(16)14(8)18-17-13/h2-6,19H,16H2,1H3,(H,17,18). The number of para-hydroxylation sites is 1. The Morgan fingerprint density at radius 2 is 2.11 bits per heavy atom. The molecule has 0 radical (unpaired) electrons. The number of aromatic amines is 1.